The number of hydrogen-bond donors (Lipinski definition) is 1. The third-order valence-electron chi connectivity index (χ3n) is 4.73. The summed E-state index contributed by atoms with van der Waals surface area (Å²) in [4.78, 5) is 21.0. The molecule has 1 aromatic rings. The number of rotatable bonds is 3. The fourth-order valence-corrected chi connectivity index (χ4v) is 3.36. The molecule has 2 saturated heterocycles. The number of nitrogens with zero attached hydrogens (tertiary/aromatic N) is 4. The highest BCUT2D eigenvalue weighted by molar-refractivity contribution is 5.36. The van der Waals surface area contributed by atoms with Gasteiger partial charge in [-0.15, -0.1) is 0 Å². The first-order valence-electron chi connectivity index (χ1n) is 7.77. The molecular weight excluding hydrogens is 266 g/mol. The van der Waals surface area contributed by atoms with Crippen LogP contribution in [-0.2, 0) is 7.05 Å². The lowest BCUT2D eigenvalue weighted by Crippen LogP contribution is -2.51. The molecule has 6 heteroatoms. The van der Waals surface area contributed by atoms with Crippen molar-refractivity contribution in [2.45, 2.75) is 13.3 Å². The summed E-state index contributed by atoms with van der Waals surface area (Å²) >= 11 is 0. The van der Waals surface area contributed by atoms with Crippen molar-refractivity contribution in [3.05, 3.63) is 22.7 Å². The molecule has 1 aromatic heterocycles. The van der Waals surface area contributed by atoms with Gasteiger partial charge in [-0.1, -0.05) is 6.92 Å². The summed E-state index contributed by atoms with van der Waals surface area (Å²) < 4.78 is 1.60. The Morgan fingerprint density at radius 1 is 1.33 bits per heavy atom. The molecule has 0 spiro atoms. The average molecular weight is 291 g/mol. The normalized spacial score (nSPS) is 27.2. The molecule has 6 nitrogen and oxygen atoms in total. The molecule has 0 amide bonds. The summed E-state index contributed by atoms with van der Waals surface area (Å²) in [6.07, 6.45) is 4.67. The molecule has 1 atom stereocenters. The van der Waals surface area contributed by atoms with Crippen LogP contribution in [0.4, 0.5) is 5.82 Å². The van der Waals surface area contributed by atoms with Gasteiger partial charge in [0.05, 0.1) is 0 Å². The van der Waals surface area contributed by atoms with Crippen LogP contribution in [-0.4, -0.2) is 60.3 Å². The Morgan fingerprint density at radius 3 is 2.76 bits per heavy atom. The summed E-state index contributed by atoms with van der Waals surface area (Å²) in [6.45, 7) is 9.56. The van der Waals surface area contributed by atoms with Gasteiger partial charge < -0.3 is 14.8 Å². The second-order valence-electron chi connectivity index (χ2n) is 6.67. The van der Waals surface area contributed by atoms with Gasteiger partial charge in [-0.05, 0) is 18.4 Å². The minimum Gasteiger partial charge on any atom is -0.349 e. The quantitative estimate of drug-likeness (QED) is 0.843. The molecule has 3 rings (SSSR count). The SMILES string of the molecule is Cn1ccnc(N2CCN(CC3(C)CCNC3)CC2)c1=O. The zero-order chi connectivity index (χ0) is 14.9. The van der Waals surface area contributed by atoms with Gasteiger partial charge >= 0.3 is 0 Å². The van der Waals surface area contributed by atoms with Crippen molar-refractivity contribution in [2.75, 3.05) is 50.7 Å². The highest BCUT2D eigenvalue weighted by atomic mass is 16.1. The van der Waals surface area contributed by atoms with Gasteiger partial charge in [-0.25, -0.2) is 4.98 Å². The standard InChI is InChI=1S/C15H25N5O/c1-15(3-4-16-11-15)12-19-7-9-20(10-8-19)13-14(21)18(2)6-5-17-13/h5-6,16H,3-4,7-12H2,1-2H3. The minimum atomic E-state index is -0.00194. The minimum absolute atomic E-state index is 0.00194. The summed E-state index contributed by atoms with van der Waals surface area (Å²) in [5.41, 5.74) is 0.404. The molecule has 0 aliphatic carbocycles. The molecule has 1 unspecified atom stereocenters. The van der Waals surface area contributed by atoms with E-state index in [-0.39, 0.29) is 5.56 Å². The lowest BCUT2D eigenvalue weighted by atomic mass is 9.89. The van der Waals surface area contributed by atoms with E-state index < -0.39 is 0 Å². The Bertz CT molecular complexity index is 541. The van der Waals surface area contributed by atoms with Crippen molar-refractivity contribution in [1.29, 1.82) is 0 Å². The van der Waals surface area contributed by atoms with Gasteiger partial charge in [-0.2, -0.15) is 0 Å². The maximum atomic E-state index is 12.1. The molecule has 0 saturated carbocycles. The van der Waals surface area contributed by atoms with Crippen LogP contribution in [0.1, 0.15) is 13.3 Å². The fraction of sp³-hybridized carbons (Fsp3) is 0.733. The molecule has 2 fully saturated rings. The van der Waals surface area contributed by atoms with E-state index in [0.29, 0.717) is 11.2 Å². The van der Waals surface area contributed by atoms with Crippen LogP contribution >= 0.6 is 0 Å². The van der Waals surface area contributed by atoms with Gasteiger partial charge in [0, 0.05) is 58.7 Å². The van der Waals surface area contributed by atoms with Crippen LogP contribution in [0.15, 0.2) is 17.2 Å². The summed E-state index contributed by atoms with van der Waals surface area (Å²) in [5, 5.41) is 3.46. The van der Waals surface area contributed by atoms with E-state index in [0.717, 1.165) is 45.8 Å². The topological polar surface area (TPSA) is 53.4 Å². The highest BCUT2D eigenvalue weighted by Gasteiger charge is 2.32. The number of hydrogen-bond acceptors (Lipinski definition) is 5. The van der Waals surface area contributed by atoms with E-state index in [9.17, 15) is 4.79 Å². The first kappa shape index (κ1) is 14.5. The van der Waals surface area contributed by atoms with Crippen molar-refractivity contribution >= 4 is 5.82 Å². The zero-order valence-corrected chi connectivity index (χ0v) is 13.0. The molecule has 2 aliphatic rings. The van der Waals surface area contributed by atoms with E-state index in [1.54, 1.807) is 24.0 Å². The van der Waals surface area contributed by atoms with E-state index >= 15 is 0 Å². The van der Waals surface area contributed by atoms with Crippen molar-refractivity contribution in [3.8, 4) is 0 Å². The highest BCUT2D eigenvalue weighted by Crippen LogP contribution is 2.26. The van der Waals surface area contributed by atoms with Gasteiger partial charge in [0.25, 0.3) is 5.56 Å². The van der Waals surface area contributed by atoms with E-state index in [2.05, 4.69) is 27.0 Å². The Labute approximate surface area is 125 Å². The van der Waals surface area contributed by atoms with Crippen LogP contribution < -0.4 is 15.8 Å². The second-order valence-corrected chi connectivity index (χ2v) is 6.67. The van der Waals surface area contributed by atoms with Crippen molar-refractivity contribution in [1.82, 2.24) is 19.8 Å². The molecular formula is C15H25N5O. The lowest BCUT2D eigenvalue weighted by Gasteiger charge is -2.38. The van der Waals surface area contributed by atoms with E-state index in [1.165, 1.54) is 6.42 Å². The largest absolute Gasteiger partial charge is 0.349 e. The van der Waals surface area contributed by atoms with Crippen molar-refractivity contribution < 1.29 is 0 Å². The second kappa shape index (κ2) is 5.77. The number of aromatic nitrogens is 2. The lowest BCUT2D eigenvalue weighted by molar-refractivity contribution is 0.169. The van der Waals surface area contributed by atoms with Gasteiger partial charge in [-0.3, -0.25) is 9.69 Å². The first-order chi connectivity index (χ1) is 10.1. The maximum absolute atomic E-state index is 12.1. The van der Waals surface area contributed by atoms with Gasteiger partial charge in [0.15, 0.2) is 5.82 Å². The summed E-state index contributed by atoms with van der Waals surface area (Å²) in [5.74, 6) is 0.591. The summed E-state index contributed by atoms with van der Waals surface area (Å²) in [7, 11) is 1.78. The molecule has 1 N–H and O–H groups in total. The predicted octanol–water partition coefficient (Wildman–Crippen LogP) is -0.0981. The predicted molar refractivity (Wildman–Crippen MR) is 83.7 cm³/mol. The Balaban J connectivity index is 1.60. The Morgan fingerprint density at radius 2 is 2.10 bits per heavy atom. The fourth-order valence-electron chi connectivity index (χ4n) is 3.36. The number of piperazine rings is 1. The average Bonchev–Trinajstić information content (AvgIpc) is 2.89. The molecule has 0 aromatic carbocycles. The summed E-state index contributed by atoms with van der Waals surface area (Å²) in [6, 6.07) is 0. The third kappa shape index (κ3) is 3.11. The van der Waals surface area contributed by atoms with Crippen molar-refractivity contribution in [3.63, 3.8) is 0 Å². The van der Waals surface area contributed by atoms with Crippen molar-refractivity contribution in [2.24, 2.45) is 12.5 Å². The zero-order valence-electron chi connectivity index (χ0n) is 13.0. The smallest absolute Gasteiger partial charge is 0.293 e. The van der Waals surface area contributed by atoms with E-state index in [1.807, 2.05) is 0 Å². The van der Waals surface area contributed by atoms with Crippen LogP contribution in [0.3, 0.4) is 0 Å². The molecule has 0 radical (unpaired) electrons. The van der Waals surface area contributed by atoms with E-state index in [4.69, 9.17) is 0 Å². The molecule has 116 valence electrons. The van der Waals surface area contributed by atoms with Crippen LogP contribution in [0, 0.1) is 5.41 Å². The molecule has 2 aliphatic heterocycles. The van der Waals surface area contributed by atoms with Crippen LogP contribution in [0.2, 0.25) is 0 Å². The first-order valence-corrected chi connectivity index (χ1v) is 7.77. The Kier molecular flexibility index (Phi) is 3.99. The monoisotopic (exact) mass is 291 g/mol. The molecule has 3 heterocycles. The van der Waals surface area contributed by atoms with Crippen LogP contribution in [0.25, 0.3) is 0 Å². The maximum Gasteiger partial charge on any atom is 0.293 e. The number of aryl methyl sites for hydroxylation is 1. The number of anilines is 1. The third-order valence-corrected chi connectivity index (χ3v) is 4.73. The molecule has 21 heavy (non-hydrogen) atoms. The van der Waals surface area contributed by atoms with Gasteiger partial charge in [0.2, 0.25) is 0 Å². The molecule has 0 bridgehead atoms. The Hall–Kier alpha value is -1.40. The number of nitrogens with one attached hydrogen (secondary N) is 1. The van der Waals surface area contributed by atoms with Crippen LogP contribution in [0.5, 0.6) is 0 Å². The van der Waals surface area contributed by atoms with Gasteiger partial charge in [0.1, 0.15) is 0 Å².